The largest absolute Gasteiger partial charge is 0.381 e. The minimum absolute atomic E-state index is 0.239. The number of nitrogens with zero attached hydrogens (tertiary/aromatic N) is 2. The fourth-order valence-corrected chi connectivity index (χ4v) is 3.55. The van der Waals surface area contributed by atoms with Crippen molar-refractivity contribution in [3.63, 3.8) is 0 Å². The van der Waals surface area contributed by atoms with Crippen molar-refractivity contribution in [3.8, 4) is 0 Å². The van der Waals surface area contributed by atoms with Crippen LogP contribution in [0.25, 0.3) is 0 Å². The Hall–Kier alpha value is -1.43. The fourth-order valence-electron chi connectivity index (χ4n) is 3.55. The molecule has 2 aliphatic rings. The van der Waals surface area contributed by atoms with Gasteiger partial charge in [0.15, 0.2) is 0 Å². The second-order valence-corrected chi connectivity index (χ2v) is 6.65. The van der Waals surface area contributed by atoms with Crippen molar-refractivity contribution in [2.75, 3.05) is 45.9 Å². The second kappa shape index (κ2) is 7.43. The van der Waals surface area contributed by atoms with Gasteiger partial charge in [0.1, 0.15) is 0 Å². The van der Waals surface area contributed by atoms with Gasteiger partial charge in [-0.3, -0.25) is 9.69 Å². The minimum Gasteiger partial charge on any atom is -0.381 e. The Labute approximate surface area is 138 Å². The lowest BCUT2D eigenvalue weighted by Crippen LogP contribution is -2.56. The number of hydrogen-bond donors (Lipinski definition) is 1. The van der Waals surface area contributed by atoms with E-state index in [0.29, 0.717) is 19.8 Å². The van der Waals surface area contributed by atoms with Crippen molar-refractivity contribution in [1.29, 1.82) is 0 Å². The maximum absolute atomic E-state index is 12.9. The molecule has 0 spiro atoms. The monoisotopic (exact) mass is 317 g/mol. The van der Waals surface area contributed by atoms with Gasteiger partial charge in [-0.25, -0.2) is 0 Å². The molecule has 0 radical (unpaired) electrons. The molecule has 2 aliphatic heterocycles. The van der Waals surface area contributed by atoms with Crippen molar-refractivity contribution in [2.45, 2.75) is 19.4 Å². The first-order valence-corrected chi connectivity index (χ1v) is 8.57. The van der Waals surface area contributed by atoms with Crippen LogP contribution in [0.5, 0.6) is 0 Å². The van der Waals surface area contributed by atoms with Crippen LogP contribution in [0.15, 0.2) is 30.3 Å². The lowest BCUT2D eigenvalue weighted by atomic mass is 9.78. The van der Waals surface area contributed by atoms with Crippen LogP contribution >= 0.6 is 0 Å². The Balaban J connectivity index is 1.55. The van der Waals surface area contributed by atoms with Gasteiger partial charge in [0.25, 0.3) is 0 Å². The second-order valence-electron chi connectivity index (χ2n) is 6.65. The summed E-state index contributed by atoms with van der Waals surface area (Å²) in [6, 6.07) is 10.5. The van der Waals surface area contributed by atoms with Crippen molar-refractivity contribution in [3.05, 3.63) is 35.9 Å². The van der Waals surface area contributed by atoms with E-state index in [2.05, 4.69) is 29.2 Å². The predicted octanol–water partition coefficient (Wildman–Crippen LogP) is 1.09. The standard InChI is InChI=1S/C18H27N3O2/c19-15-18(6-12-23-13-7-18)17(22)21-10-8-20(9-11-21)14-16-4-2-1-3-5-16/h1-5H,6-15,19H2. The molecule has 1 amide bonds. The highest BCUT2D eigenvalue weighted by atomic mass is 16.5. The number of hydrogen-bond acceptors (Lipinski definition) is 4. The molecule has 5 heteroatoms. The third kappa shape index (κ3) is 3.74. The Morgan fingerprint density at radius 2 is 1.74 bits per heavy atom. The molecule has 0 atom stereocenters. The van der Waals surface area contributed by atoms with Gasteiger partial charge in [-0.1, -0.05) is 30.3 Å². The van der Waals surface area contributed by atoms with E-state index in [4.69, 9.17) is 10.5 Å². The lowest BCUT2D eigenvalue weighted by molar-refractivity contribution is -0.149. The van der Waals surface area contributed by atoms with Crippen LogP contribution in [0.1, 0.15) is 18.4 Å². The molecule has 0 aliphatic carbocycles. The first-order valence-electron chi connectivity index (χ1n) is 8.57. The van der Waals surface area contributed by atoms with E-state index >= 15 is 0 Å². The van der Waals surface area contributed by atoms with Gasteiger partial charge >= 0.3 is 0 Å². The van der Waals surface area contributed by atoms with Crippen LogP contribution < -0.4 is 5.73 Å². The van der Waals surface area contributed by atoms with Gasteiger partial charge in [0, 0.05) is 52.5 Å². The molecule has 126 valence electrons. The van der Waals surface area contributed by atoms with Crippen LogP contribution in [0.4, 0.5) is 0 Å². The minimum atomic E-state index is -0.389. The topological polar surface area (TPSA) is 58.8 Å². The summed E-state index contributed by atoms with van der Waals surface area (Å²) in [6.07, 6.45) is 1.51. The van der Waals surface area contributed by atoms with Crippen LogP contribution in [0.2, 0.25) is 0 Å². The normalized spacial score (nSPS) is 22.0. The van der Waals surface area contributed by atoms with Gasteiger partial charge in [0.05, 0.1) is 5.41 Å². The molecule has 23 heavy (non-hydrogen) atoms. The highest BCUT2D eigenvalue weighted by Gasteiger charge is 2.41. The number of carbonyl (C=O) groups excluding carboxylic acids is 1. The third-order valence-corrected chi connectivity index (χ3v) is 5.20. The molecular formula is C18H27N3O2. The summed E-state index contributed by atoms with van der Waals surface area (Å²) in [6.45, 7) is 6.14. The summed E-state index contributed by atoms with van der Waals surface area (Å²) >= 11 is 0. The third-order valence-electron chi connectivity index (χ3n) is 5.20. The van der Waals surface area contributed by atoms with E-state index in [9.17, 15) is 4.79 Å². The maximum atomic E-state index is 12.9. The van der Waals surface area contributed by atoms with Crippen molar-refractivity contribution >= 4 is 5.91 Å². The van der Waals surface area contributed by atoms with Crippen LogP contribution in [-0.4, -0.2) is 61.6 Å². The number of nitrogens with two attached hydrogens (primary N) is 1. The van der Waals surface area contributed by atoms with Crippen LogP contribution in [0.3, 0.4) is 0 Å². The SMILES string of the molecule is NCC1(C(=O)N2CCN(Cc3ccccc3)CC2)CCOCC1. The molecule has 5 nitrogen and oxygen atoms in total. The number of piperazine rings is 1. The maximum Gasteiger partial charge on any atom is 0.230 e. The van der Waals surface area contributed by atoms with Crippen molar-refractivity contribution in [1.82, 2.24) is 9.80 Å². The summed E-state index contributed by atoms with van der Waals surface area (Å²) in [5, 5.41) is 0. The van der Waals surface area contributed by atoms with E-state index < -0.39 is 0 Å². The molecule has 3 rings (SSSR count). The molecule has 1 aromatic carbocycles. The highest BCUT2D eigenvalue weighted by molar-refractivity contribution is 5.83. The molecule has 2 heterocycles. The quantitative estimate of drug-likeness (QED) is 0.903. The van der Waals surface area contributed by atoms with Crippen molar-refractivity contribution < 1.29 is 9.53 Å². The van der Waals surface area contributed by atoms with Gasteiger partial charge in [-0.15, -0.1) is 0 Å². The first kappa shape index (κ1) is 16.4. The van der Waals surface area contributed by atoms with Gasteiger partial charge in [0.2, 0.25) is 5.91 Å². The molecule has 2 N–H and O–H groups in total. The summed E-state index contributed by atoms with van der Waals surface area (Å²) in [4.78, 5) is 17.4. The predicted molar refractivity (Wildman–Crippen MR) is 89.8 cm³/mol. The molecule has 2 fully saturated rings. The zero-order valence-corrected chi connectivity index (χ0v) is 13.7. The molecule has 1 aromatic rings. The van der Waals surface area contributed by atoms with Gasteiger partial charge in [-0.2, -0.15) is 0 Å². The number of carbonyl (C=O) groups is 1. The van der Waals surface area contributed by atoms with E-state index in [1.54, 1.807) is 0 Å². The smallest absolute Gasteiger partial charge is 0.230 e. The average molecular weight is 317 g/mol. The summed E-state index contributed by atoms with van der Waals surface area (Å²) in [5.74, 6) is 0.239. The van der Waals surface area contributed by atoms with Gasteiger partial charge < -0.3 is 15.4 Å². The van der Waals surface area contributed by atoms with E-state index in [1.165, 1.54) is 5.56 Å². The lowest BCUT2D eigenvalue weighted by Gasteiger charge is -2.42. The Kier molecular flexibility index (Phi) is 5.30. The number of ether oxygens (including phenoxy) is 1. The number of rotatable bonds is 4. The molecule has 0 unspecified atom stereocenters. The Morgan fingerprint density at radius 1 is 1.09 bits per heavy atom. The molecule has 0 saturated carbocycles. The van der Waals surface area contributed by atoms with Crippen LogP contribution in [0, 0.1) is 5.41 Å². The Morgan fingerprint density at radius 3 is 2.35 bits per heavy atom. The van der Waals surface area contributed by atoms with Gasteiger partial charge in [-0.05, 0) is 18.4 Å². The Bertz CT molecular complexity index is 506. The summed E-state index contributed by atoms with van der Waals surface area (Å²) in [5.41, 5.74) is 6.90. The zero-order valence-electron chi connectivity index (χ0n) is 13.7. The fraction of sp³-hybridized carbons (Fsp3) is 0.611. The van der Waals surface area contributed by atoms with E-state index in [0.717, 1.165) is 45.6 Å². The molecular weight excluding hydrogens is 290 g/mol. The highest BCUT2D eigenvalue weighted by Crippen LogP contribution is 2.32. The molecule has 0 aromatic heterocycles. The number of benzene rings is 1. The zero-order chi connectivity index (χ0) is 16.1. The summed E-state index contributed by atoms with van der Waals surface area (Å²) < 4.78 is 5.41. The van der Waals surface area contributed by atoms with Crippen LogP contribution in [-0.2, 0) is 16.1 Å². The molecule has 0 bridgehead atoms. The van der Waals surface area contributed by atoms with E-state index in [1.807, 2.05) is 11.0 Å². The average Bonchev–Trinajstić information content (AvgIpc) is 2.63. The van der Waals surface area contributed by atoms with Crippen molar-refractivity contribution in [2.24, 2.45) is 11.1 Å². The summed E-state index contributed by atoms with van der Waals surface area (Å²) in [7, 11) is 0. The first-order chi connectivity index (χ1) is 11.2. The number of amides is 1. The van der Waals surface area contributed by atoms with E-state index in [-0.39, 0.29) is 11.3 Å². The molecule has 2 saturated heterocycles.